The van der Waals surface area contributed by atoms with Gasteiger partial charge in [0.25, 0.3) is 5.56 Å². The molecule has 0 fully saturated rings. The van der Waals surface area contributed by atoms with Crippen LogP contribution in [0.3, 0.4) is 0 Å². The van der Waals surface area contributed by atoms with Crippen molar-refractivity contribution in [2.75, 3.05) is 0 Å². The van der Waals surface area contributed by atoms with Crippen LogP contribution in [0.2, 0.25) is 0 Å². The number of hydrogen-bond donors (Lipinski definition) is 0. The number of aryl methyl sites for hydroxylation is 1. The molecule has 3 aromatic rings. The summed E-state index contributed by atoms with van der Waals surface area (Å²) in [7, 11) is 0. The Labute approximate surface area is 127 Å². The van der Waals surface area contributed by atoms with Crippen molar-refractivity contribution in [2.45, 2.75) is 33.4 Å². The van der Waals surface area contributed by atoms with Crippen molar-refractivity contribution in [1.82, 2.24) is 18.7 Å². The van der Waals surface area contributed by atoms with E-state index >= 15 is 0 Å². The molecule has 0 saturated heterocycles. The maximum Gasteiger partial charge on any atom is 0.337 e. The van der Waals surface area contributed by atoms with Crippen LogP contribution in [-0.2, 0) is 13.1 Å². The number of aromatic nitrogens is 4. The van der Waals surface area contributed by atoms with Gasteiger partial charge >= 0.3 is 5.69 Å². The molecule has 0 radical (unpaired) electrons. The van der Waals surface area contributed by atoms with E-state index in [-0.39, 0.29) is 11.2 Å². The topological polar surface area (TPSA) is 61.8 Å². The lowest BCUT2D eigenvalue weighted by molar-refractivity contribution is 0.646. The van der Waals surface area contributed by atoms with Gasteiger partial charge in [0.15, 0.2) is 11.2 Å². The number of para-hydroxylation sites is 1. The van der Waals surface area contributed by atoms with Crippen molar-refractivity contribution in [2.24, 2.45) is 0 Å². The highest BCUT2D eigenvalue weighted by Crippen LogP contribution is 2.13. The van der Waals surface area contributed by atoms with Gasteiger partial charge in [0.05, 0.1) is 12.0 Å². The molecule has 114 valence electrons. The summed E-state index contributed by atoms with van der Waals surface area (Å²) in [6.45, 7) is 4.86. The average molecular weight is 298 g/mol. The molecule has 0 amide bonds. The maximum atomic E-state index is 12.7. The SMILES string of the molecule is CCCn1cnc2c1c(=O)n(CC)c(=O)n2-c1ccccc1. The Bertz CT molecular complexity index is 919. The highest BCUT2D eigenvalue weighted by atomic mass is 16.2. The van der Waals surface area contributed by atoms with Crippen molar-refractivity contribution in [1.29, 1.82) is 0 Å². The Balaban J connectivity index is 2.47. The summed E-state index contributed by atoms with van der Waals surface area (Å²) in [4.78, 5) is 29.6. The predicted molar refractivity (Wildman–Crippen MR) is 85.6 cm³/mol. The Morgan fingerprint density at radius 1 is 1.09 bits per heavy atom. The smallest absolute Gasteiger partial charge is 0.325 e. The van der Waals surface area contributed by atoms with E-state index < -0.39 is 0 Å². The molecular weight excluding hydrogens is 280 g/mol. The quantitative estimate of drug-likeness (QED) is 0.737. The van der Waals surface area contributed by atoms with Crippen LogP contribution in [0.4, 0.5) is 0 Å². The maximum absolute atomic E-state index is 12.7. The minimum absolute atomic E-state index is 0.277. The van der Waals surface area contributed by atoms with Crippen molar-refractivity contribution >= 4 is 11.2 Å². The lowest BCUT2D eigenvalue weighted by Gasteiger charge is -2.11. The van der Waals surface area contributed by atoms with Crippen LogP contribution in [0.15, 0.2) is 46.2 Å². The summed E-state index contributed by atoms with van der Waals surface area (Å²) in [5, 5.41) is 0. The van der Waals surface area contributed by atoms with Gasteiger partial charge in [-0.25, -0.2) is 14.3 Å². The monoisotopic (exact) mass is 298 g/mol. The third kappa shape index (κ3) is 2.07. The third-order valence-corrected chi connectivity index (χ3v) is 3.70. The largest absolute Gasteiger partial charge is 0.337 e. The number of nitrogens with zero attached hydrogens (tertiary/aromatic N) is 4. The first-order valence-electron chi connectivity index (χ1n) is 7.45. The van der Waals surface area contributed by atoms with E-state index in [0.717, 1.165) is 6.42 Å². The van der Waals surface area contributed by atoms with E-state index in [9.17, 15) is 9.59 Å². The third-order valence-electron chi connectivity index (χ3n) is 3.70. The summed E-state index contributed by atoms with van der Waals surface area (Å²) in [5.74, 6) is 0. The van der Waals surface area contributed by atoms with Crippen molar-refractivity contribution in [3.05, 3.63) is 57.5 Å². The molecule has 0 atom stereocenters. The van der Waals surface area contributed by atoms with E-state index in [1.54, 1.807) is 13.3 Å². The summed E-state index contributed by atoms with van der Waals surface area (Å²) in [5.41, 5.74) is 0.974. The number of rotatable bonds is 4. The molecule has 1 aromatic carbocycles. The van der Waals surface area contributed by atoms with E-state index in [0.29, 0.717) is 29.9 Å². The first-order valence-corrected chi connectivity index (χ1v) is 7.45. The van der Waals surface area contributed by atoms with Crippen LogP contribution in [0.5, 0.6) is 0 Å². The van der Waals surface area contributed by atoms with Crippen LogP contribution in [0.1, 0.15) is 20.3 Å². The fraction of sp³-hybridized carbons (Fsp3) is 0.312. The molecule has 0 aliphatic heterocycles. The average Bonchev–Trinajstić information content (AvgIpc) is 2.93. The van der Waals surface area contributed by atoms with Gasteiger partial charge < -0.3 is 4.57 Å². The molecule has 0 saturated carbocycles. The fourth-order valence-corrected chi connectivity index (χ4v) is 2.68. The van der Waals surface area contributed by atoms with Crippen molar-refractivity contribution < 1.29 is 0 Å². The highest BCUT2D eigenvalue weighted by molar-refractivity contribution is 5.72. The zero-order chi connectivity index (χ0) is 15.7. The van der Waals surface area contributed by atoms with E-state index in [1.807, 2.05) is 41.8 Å². The Hall–Kier alpha value is -2.63. The molecule has 0 unspecified atom stereocenters. The van der Waals surface area contributed by atoms with Crippen molar-refractivity contribution in [3.63, 3.8) is 0 Å². The summed E-state index contributed by atoms with van der Waals surface area (Å²) in [6.07, 6.45) is 2.52. The lowest BCUT2D eigenvalue weighted by atomic mass is 10.3. The summed E-state index contributed by atoms with van der Waals surface area (Å²) >= 11 is 0. The number of benzene rings is 1. The normalized spacial score (nSPS) is 11.2. The Kier molecular flexibility index (Phi) is 3.66. The van der Waals surface area contributed by atoms with Gasteiger partial charge in [-0.3, -0.25) is 9.36 Å². The first-order chi connectivity index (χ1) is 10.7. The zero-order valence-electron chi connectivity index (χ0n) is 12.7. The zero-order valence-corrected chi connectivity index (χ0v) is 12.7. The molecule has 2 aromatic heterocycles. The number of hydrogen-bond acceptors (Lipinski definition) is 3. The molecule has 0 aliphatic rings. The van der Waals surface area contributed by atoms with Crippen LogP contribution in [0, 0.1) is 0 Å². The molecule has 22 heavy (non-hydrogen) atoms. The van der Waals surface area contributed by atoms with Gasteiger partial charge in [0.2, 0.25) is 0 Å². The van der Waals surface area contributed by atoms with Crippen molar-refractivity contribution in [3.8, 4) is 5.69 Å². The lowest BCUT2D eigenvalue weighted by Crippen LogP contribution is -2.39. The molecule has 0 N–H and O–H groups in total. The molecule has 3 rings (SSSR count). The van der Waals surface area contributed by atoms with Gasteiger partial charge in [0, 0.05) is 13.1 Å². The van der Waals surface area contributed by atoms with Gasteiger partial charge in [-0.1, -0.05) is 25.1 Å². The fourth-order valence-electron chi connectivity index (χ4n) is 2.68. The Morgan fingerprint density at radius 3 is 2.45 bits per heavy atom. The second-order valence-corrected chi connectivity index (χ2v) is 5.11. The van der Waals surface area contributed by atoms with E-state index in [1.165, 1.54) is 9.13 Å². The molecule has 0 aliphatic carbocycles. The van der Waals surface area contributed by atoms with Gasteiger partial charge in [0.1, 0.15) is 0 Å². The second-order valence-electron chi connectivity index (χ2n) is 5.11. The molecule has 2 heterocycles. The summed E-state index contributed by atoms with van der Waals surface area (Å²) < 4.78 is 4.58. The molecule has 6 nitrogen and oxygen atoms in total. The Morgan fingerprint density at radius 2 is 1.82 bits per heavy atom. The molecular formula is C16H18N4O2. The van der Waals surface area contributed by atoms with E-state index in [2.05, 4.69) is 4.98 Å². The van der Waals surface area contributed by atoms with Gasteiger partial charge in [-0.15, -0.1) is 0 Å². The number of fused-ring (bicyclic) bond motifs is 1. The molecule has 0 spiro atoms. The summed E-state index contributed by atoms with van der Waals surface area (Å²) in [6, 6.07) is 9.28. The predicted octanol–water partition coefficient (Wildman–Crippen LogP) is 1.78. The first kappa shape index (κ1) is 14.3. The molecule has 0 bridgehead atoms. The van der Waals surface area contributed by atoms with E-state index in [4.69, 9.17) is 0 Å². The minimum atomic E-state index is -0.354. The van der Waals surface area contributed by atoms with Gasteiger partial charge in [-0.05, 0) is 25.5 Å². The molecule has 6 heteroatoms. The van der Waals surface area contributed by atoms with Gasteiger partial charge in [-0.2, -0.15) is 0 Å². The second kappa shape index (κ2) is 5.63. The van der Waals surface area contributed by atoms with Crippen LogP contribution in [0.25, 0.3) is 16.9 Å². The highest BCUT2D eigenvalue weighted by Gasteiger charge is 2.17. The minimum Gasteiger partial charge on any atom is -0.325 e. The van der Waals surface area contributed by atoms with Crippen LogP contribution in [-0.4, -0.2) is 18.7 Å². The number of imidazole rings is 1. The van der Waals surface area contributed by atoms with Crippen LogP contribution >= 0.6 is 0 Å². The standard InChI is InChI=1S/C16H18N4O2/c1-3-10-18-11-17-14-13(18)15(21)19(4-2)16(22)20(14)12-8-6-5-7-9-12/h5-9,11H,3-4,10H2,1-2H3. The van der Waals surface area contributed by atoms with Crippen LogP contribution < -0.4 is 11.2 Å².